The third kappa shape index (κ3) is 3.97. The highest BCUT2D eigenvalue weighted by Crippen LogP contribution is 2.32. The monoisotopic (exact) mass is 261 g/mol. The number of hydrogen-bond acceptors (Lipinski definition) is 2. The van der Waals surface area contributed by atoms with Crippen LogP contribution in [0, 0.1) is 0 Å². The average Bonchev–Trinajstić information content (AvgIpc) is 2.70. The van der Waals surface area contributed by atoms with Crippen LogP contribution in [0.1, 0.15) is 56.9 Å². The van der Waals surface area contributed by atoms with Crippen LogP contribution in [0.15, 0.2) is 24.3 Å². The second-order valence-corrected chi connectivity index (χ2v) is 5.58. The van der Waals surface area contributed by atoms with Crippen molar-refractivity contribution in [3.05, 3.63) is 29.8 Å². The maximum atomic E-state index is 5.26. The zero-order valence-electron chi connectivity index (χ0n) is 12.3. The molecule has 1 aromatic carbocycles. The van der Waals surface area contributed by atoms with Crippen molar-refractivity contribution in [2.24, 2.45) is 0 Å². The van der Waals surface area contributed by atoms with Crippen molar-refractivity contribution in [2.75, 3.05) is 13.7 Å². The van der Waals surface area contributed by atoms with E-state index in [1.54, 1.807) is 7.11 Å². The highest BCUT2D eigenvalue weighted by Gasteiger charge is 2.24. The third-order valence-corrected chi connectivity index (χ3v) is 4.22. The first-order valence-electron chi connectivity index (χ1n) is 7.72. The molecule has 2 heteroatoms. The lowest BCUT2D eigenvalue weighted by molar-refractivity contribution is 0.406. The molecule has 106 valence electrons. The Kier molecular flexibility index (Phi) is 5.71. The summed E-state index contributed by atoms with van der Waals surface area (Å²) in [7, 11) is 1.73. The summed E-state index contributed by atoms with van der Waals surface area (Å²) in [5.41, 5.74) is 1.47. The van der Waals surface area contributed by atoms with Crippen molar-refractivity contribution < 1.29 is 4.74 Å². The number of hydrogen-bond donors (Lipinski definition) is 1. The van der Waals surface area contributed by atoms with E-state index in [2.05, 4.69) is 36.5 Å². The molecule has 1 aromatic rings. The second-order valence-electron chi connectivity index (χ2n) is 5.58. The van der Waals surface area contributed by atoms with E-state index in [4.69, 9.17) is 4.74 Å². The van der Waals surface area contributed by atoms with Gasteiger partial charge in [-0.25, -0.2) is 0 Å². The molecule has 0 heterocycles. The Labute approximate surface area is 117 Å². The molecule has 2 rings (SSSR count). The summed E-state index contributed by atoms with van der Waals surface area (Å²) in [5.74, 6) is 1.62. The highest BCUT2D eigenvalue weighted by atomic mass is 16.5. The smallest absolute Gasteiger partial charge is 0.118 e. The summed E-state index contributed by atoms with van der Waals surface area (Å²) in [5, 5.41) is 3.76. The predicted molar refractivity (Wildman–Crippen MR) is 80.9 cm³/mol. The Balaban J connectivity index is 2.10. The number of benzene rings is 1. The van der Waals surface area contributed by atoms with E-state index in [9.17, 15) is 0 Å². The van der Waals surface area contributed by atoms with E-state index < -0.39 is 0 Å². The van der Waals surface area contributed by atoms with Crippen LogP contribution in [-0.4, -0.2) is 19.7 Å². The molecule has 0 aliphatic heterocycles. The lowest BCUT2D eigenvalue weighted by Crippen LogP contribution is -2.34. The first-order chi connectivity index (χ1) is 9.35. The zero-order valence-corrected chi connectivity index (χ0v) is 12.3. The predicted octanol–water partition coefficient (Wildman–Crippen LogP) is 4.11. The van der Waals surface area contributed by atoms with Crippen molar-refractivity contribution in [2.45, 2.75) is 57.4 Å². The van der Waals surface area contributed by atoms with Gasteiger partial charge in [-0.3, -0.25) is 0 Å². The van der Waals surface area contributed by atoms with Crippen LogP contribution in [0.25, 0.3) is 0 Å². The fraction of sp³-hybridized carbons (Fsp3) is 0.647. The summed E-state index contributed by atoms with van der Waals surface area (Å²) < 4.78 is 5.26. The maximum Gasteiger partial charge on any atom is 0.118 e. The van der Waals surface area contributed by atoms with Gasteiger partial charge in [0.2, 0.25) is 0 Å². The fourth-order valence-corrected chi connectivity index (χ4v) is 3.13. The average molecular weight is 261 g/mol. The minimum atomic E-state index is 0.649. The molecular formula is C17H27NO. The fourth-order valence-electron chi connectivity index (χ4n) is 3.13. The van der Waals surface area contributed by atoms with E-state index >= 15 is 0 Å². The number of methoxy groups -OCH3 is 1. The number of rotatable bonds is 5. The Bertz CT molecular complexity index is 360. The van der Waals surface area contributed by atoms with Crippen LogP contribution < -0.4 is 10.1 Å². The van der Waals surface area contributed by atoms with Crippen LogP contribution in [0.2, 0.25) is 0 Å². The van der Waals surface area contributed by atoms with Gasteiger partial charge in [-0.2, -0.15) is 0 Å². The topological polar surface area (TPSA) is 21.3 Å². The Morgan fingerprint density at radius 1 is 1.11 bits per heavy atom. The molecule has 1 saturated carbocycles. The molecule has 0 saturated heterocycles. The van der Waals surface area contributed by atoms with Gasteiger partial charge in [0, 0.05) is 6.04 Å². The van der Waals surface area contributed by atoms with E-state index in [1.165, 1.54) is 44.1 Å². The van der Waals surface area contributed by atoms with E-state index in [0.29, 0.717) is 12.0 Å². The van der Waals surface area contributed by atoms with Crippen molar-refractivity contribution in [1.29, 1.82) is 0 Å². The van der Waals surface area contributed by atoms with Crippen molar-refractivity contribution in [3.63, 3.8) is 0 Å². The number of ether oxygens (including phenoxy) is 1. The molecule has 0 amide bonds. The SMILES string of the molecule is CCCNC1CCCCCC1c1ccc(OC)cc1. The Hall–Kier alpha value is -1.02. The molecule has 0 spiro atoms. The summed E-state index contributed by atoms with van der Waals surface area (Å²) in [6, 6.07) is 9.33. The minimum Gasteiger partial charge on any atom is -0.497 e. The lowest BCUT2D eigenvalue weighted by atomic mass is 9.87. The van der Waals surface area contributed by atoms with Gasteiger partial charge in [-0.1, -0.05) is 38.3 Å². The first-order valence-corrected chi connectivity index (χ1v) is 7.72. The second kappa shape index (κ2) is 7.54. The quantitative estimate of drug-likeness (QED) is 0.805. The lowest BCUT2D eigenvalue weighted by Gasteiger charge is -2.27. The van der Waals surface area contributed by atoms with E-state index in [0.717, 1.165) is 12.3 Å². The summed E-state index contributed by atoms with van der Waals surface area (Å²) >= 11 is 0. The molecule has 1 aliphatic carbocycles. The number of nitrogens with one attached hydrogen (secondary N) is 1. The molecule has 0 radical (unpaired) electrons. The summed E-state index contributed by atoms with van der Waals surface area (Å²) in [4.78, 5) is 0. The standard InChI is InChI=1S/C17H27NO/c1-3-13-18-17-8-6-4-5-7-16(17)14-9-11-15(19-2)12-10-14/h9-12,16-18H,3-8,13H2,1-2H3. The Morgan fingerprint density at radius 2 is 1.84 bits per heavy atom. The molecule has 1 aliphatic rings. The van der Waals surface area contributed by atoms with Gasteiger partial charge in [0.15, 0.2) is 0 Å². The normalized spacial score (nSPS) is 23.9. The largest absolute Gasteiger partial charge is 0.497 e. The molecule has 1 fully saturated rings. The molecule has 0 bridgehead atoms. The third-order valence-electron chi connectivity index (χ3n) is 4.22. The van der Waals surface area contributed by atoms with Crippen molar-refractivity contribution in [3.8, 4) is 5.75 Å². The molecule has 0 aromatic heterocycles. The molecule has 19 heavy (non-hydrogen) atoms. The van der Waals surface area contributed by atoms with Crippen LogP contribution in [0.5, 0.6) is 5.75 Å². The van der Waals surface area contributed by atoms with Gasteiger partial charge < -0.3 is 10.1 Å². The molecule has 1 N–H and O–H groups in total. The molecular weight excluding hydrogens is 234 g/mol. The van der Waals surface area contributed by atoms with E-state index in [1.807, 2.05) is 0 Å². The van der Waals surface area contributed by atoms with Gasteiger partial charge in [-0.15, -0.1) is 0 Å². The van der Waals surface area contributed by atoms with Crippen molar-refractivity contribution in [1.82, 2.24) is 5.32 Å². The molecule has 2 unspecified atom stereocenters. The van der Waals surface area contributed by atoms with Gasteiger partial charge in [-0.05, 0) is 49.4 Å². The summed E-state index contributed by atoms with van der Waals surface area (Å²) in [6.07, 6.45) is 7.96. The Morgan fingerprint density at radius 3 is 2.53 bits per heavy atom. The maximum absolute atomic E-state index is 5.26. The molecule has 2 nitrogen and oxygen atoms in total. The minimum absolute atomic E-state index is 0.649. The van der Waals surface area contributed by atoms with Crippen LogP contribution >= 0.6 is 0 Å². The highest BCUT2D eigenvalue weighted by molar-refractivity contribution is 5.30. The van der Waals surface area contributed by atoms with Crippen molar-refractivity contribution >= 4 is 0 Å². The van der Waals surface area contributed by atoms with E-state index in [-0.39, 0.29) is 0 Å². The summed E-state index contributed by atoms with van der Waals surface area (Å²) in [6.45, 7) is 3.38. The first kappa shape index (κ1) is 14.4. The zero-order chi connectivity index (χ0) is 13.5. The van der Waals surface area contributed by atoms with Crippen LogP contribution in [0.3, 0.4) is 0 Å². The van der Waals surface area contributed by atoms with Gasteiger partial charge in [0.1, 0.15) is 5.75 Å². The molecule has 2 atom stereocenters. The van der Waals surface area contributed by atoms with Gasteiger partial charge in [0.05, 0.1) is 7.11 Å². The van der Waals surface area contributed by atoms with Crippen LogP contribution in [-0.2, 0) is 0 Å². The van der Waals surface area contributed by atoms with Gasteiger partial charge in [0.25, 0.3) is 0 Å². The van der Waals surface area contributed by atoms with Gasteiger partial charge >= 0.3 is 0 Å². The van der Waals surface area contributed by atoms with Crippen LogP contribution in [0.4, 0.5) is 0 Å².